The van der Waals surface area contributed by atoms with E-state index in [9.17, 15) is 18.0 Å². The molecular formula is C23H19Cl2N3O5S. The Morgan fingerprint density at radius 2 is 1.65 bits per heavy atom. The van der Waals surface area contributed by atoms with Crippen LogP contribution in [0.5, 0.6) is 5.75 Å². The van der Waals surface area contributed by atoms with Crippen LogP contribution in [0.3, 0.4) is 0 Å². The van der Waals surface area contributed by atoms with Gasteiger partial charge in [-0.05, 0) is 54.6 Å². The molecule has 0 heterocycles. The SMILES string of the molecule is COc1ccccc1C=CC(=O)NNC(=O)c1ccc(Cl)c(S(=O)(=O)Nc2ccc(Cl)cc2)c1. The fourth-order valence-electron chi connectivity index (χ4n) is 2.78. The number of benzene rings is 3. The molecule has 0 atom stereocenters. The van der Waals surface area contributed by atoms with Gasteiger partial charge in [-0.15, -0.1) is 0 Å². The minimum Gasteiger partial charge on any atom is -0.496 e. The number of carbonyl (C=O) groups excluding carboxylic acids is 2. The van der Waals surface area contributed by atoms with E-state index in [0.717, 1.165) is 6.07 Å². The molecule has 3 N–H and O–H groups in total. The summed E-state index contributed by atoms with van der Waals surface area (Å²) in [5.74, 6) is -0.762. The van der Waals surface area contributed by atoms with Crippen LogP contribution in [-0.4, -0.2) is 27.3 Å². The third kappa shape index (κ3) is 6.50. The smallest absolute Gasteiger partial charge is 0.269 e. The molecule has 2 amide bonds. The van der Waals surface area contributed by atoms with Crippen LogP contribution >= 0.6 is 23.2 Å². The monoisotopic (exact) mass is 519 g/mol. The predicted molar refractivity (Wildman–Crippen MR) is 131 cm³/mol. The Bertz CT molecular complexity index is 1340. The largest absolute Gasteiger partial charge is 0.496 e. The summed E-state index contributed by atoms with van der Waals surface area (Å²) >= 11 is 11.9. The normalized spacial score (nSPS) is 11.1. The van der Waals surface area contributed by atoms with Crippen molar-refractivity contribution in [2.45, 2.75) is 4.90 Å². The predicted octanol–water partition coefficient (Wildman–Crippen LogP) is 4.28. The molecule has 0 aromatic heterocycles. The van der Waals surface area contributed by atoms with Gasteiger partial charge in [-0.3, -0.25) is 25.2 Å². The van der Waals surface area contributed by atoms with Crippen LogP contribution in [0.15, 0.2) is 77.7 Å². The fraction of sp³-hybridized carbons (Fsp3) is 0.0435. The summed E-state index contributed by atoms with van der Waals surface area (Å²) in [5.41, 5.74) is 5.36. The summed E-state index contributed by atoms with van der Waals surface area (Å²) < 4.78 is 33.1. The molecule has 0 fully saturated rings. The Morgan fingerprint density at radius 1 is 0.941 bits per heavy atom. The van der Waals surface area contributed by atoms with Crippen molar-refractivity contribution in [1.82, 2.24) is 10.9 Å². The Hall–Kier alpha value is -3.53. The Morgan fingerprint density at radius 3 is 2.35 bits per heavy atom. The molecular weight excluding hydrogens is 501 g/mol. The lowest BCUT2D eigenvalue weighted by molar-refractivity contribution is -0.117. The summed E-state index contributed by atoms with van der Waals surface area (Å²) in [6.07, 6.45) is 2.74. The highest BCUT2D eigenvalue weighted by Crippen LogP contribution is 2.25. The molecule has 0 aliphatic carbocycles. The maximum atomic E-state index is 12.8. The highest BCUT2D eigenvalue weighted by Gasteiger charge is 2.20. The number of ether oxygens (including phenoxy) is 1. The van der Waals surface area contributed by atoms with Crippen LogP contribution in [0.4, 0.5) is 5.69 Å². The van der Waals surface area contributed by atoms with Crippen LogP contribution in [0.25, 0.3) is 6.08 Å². The Balaban J connectivity index is 1.68. The van der Waals surface area contributed by atoms with Crippen molar-refractivity contribution in [3.8, 4) is 5.75 Å². The second kappa shape index (κ2) is 11.1. The van der Waals surface area contributed by atoms with Gasteiger partial charge in [-0.1, -0.05) is 41.4 Å². The zero-order valence-electron chi connectivity index (χ0n) is 17.7. The molecule has 0 aliphatic heterocycles. The number of methoxy groups -OCH3 is 1. The summed E-state index contributed by atoms with van der Waals surface area (Å²) in [7, 11) is -2.59. The van der Waals surface area contributed by atoms with E-state index in [1.807, 2.05) is 0 Å². The number of amides is 2. The Labute approximate surface area is 206 Å². The molecule has 176 valence electrons. The number of carbonyl (C=O) groups is 2. The molecule has 0 saturated heterocycles. The van der Waals surface area contributed by atoms with Crippen molar-refractivity contribution >= 4 is 56.8 Å². The lowest BCUT2D eigenvalue weighted by atomic mass is 10.2. The number of rotatable bonds is 7. The number of hydrazine groups is 1. The van der Waals surface area contributed by atoms with E-state index in [2.05, 4.69) is 15.6 Å². The van der Waals surface area contributed by atoms with Gasteiger partial charge in [-0.2, -0.15) is 0 Å². The van der Waals surface area contributed by atoms with Crippen molar-refractivity contribution < 1.29 is 22.7 Å². The third-order valence-corrected chi connectivity index (χ3v) is 6.55. The van der Waals surface area contributed by atoms with Crippen LogP contribution in [0.1, 0.15) is 15.9 Å². The summed E-state index contributed by atoms with van der Waals surface area (Å²) in [5, 5.41) is 0.362. The molecule has 0 saturated carbocycles. The number of hydrogen-bond acceptors (Lipinski definition) is 5. The van der Waals surface area contributed by atoms with Gasteiger partial charge in [0.1, 0.15) is 10.6 Å². The first kappa shape index (κ1) is 25.1. The maximum Gasteiger partial charge on any atom is 0.269 e. The molecule has 3 aromatic rings. The van der Waals surface area contributed by atoms with Gasteiger partial charge >= 0.3 is 0 Å². The molecule has 3 aromatic carbocycles. The molecule has 0 aliphatic rings. The summed E-state index contributed by atoms with van der Waals surface area (Å²) in [4.78, 5) is 24.2. The number of sulfonamides is 1. The zero-order chi connectivity index (χ0) is 24.7. The molecule has 0 radical (unpaired) electrons. The lowest BCUT2D eigenvalue weighted by Gasteiger charge is -2.11. The number of para-hydroxylation sites is 1. The number of anilines is 1. The van der Waals surface area contributed by atoms with E-state index in [0.29, 0.717) is 16.3 Å². The number of halogens is 2. The average Bonchev–Trinajstić information content (AvgIpc) is 2.82. The van der Waals surface area contributed by atoms with Crippen LogP contribution in [0.2, 0.25) is 10.0 Å². The van der Waals surface area contributed by atoms with Crippen molar-refractivity contribution in [3.63, 3.8) is 0 Å². The number of hydrogen-bond donors (Lipinski definition) is 3. The fourth-order valence-corrected chi connectivity index (χ4v) is 4.49. The molecule has 3 rings (SSSR count). The number of nitrogens with one attached hydrogen (secondary N) is 3. The minimum absolute atomic E-state index is 0.0325. The first-order valence-electron chi connectivity index (χ1n) is 9.69. The second-order valence-corrected chi connectivity index (χ2v) is 9.27. The van der Waals surface area contributed by atoms with E-state index in [4.69, 9.17) is 27.9 Å². The van der Waals surface area contributed by atoms with Crippen LogP contribution in [0, 0.1) is 0 Å². The zero-order valence-corrected chi connectivity index (χ0v) is 20.0. The third-order valence-electron chi connectivity index (χ3n) is 4.43. The van der Waals surface area contributed by atoms with Gasteiger partial charge in [0.15, 0.2) is 0 Å². The first-order valence-corrected chi connectivity index (χ1v) is 11.9. The summed E-state index contributed by atoms with van der Waals surface area (Å²) in [6.45, 7) is 0. The average molecular weight is 520 g/mol. The topological polar surface area (TPSA) is 114 Å². The van der Waals surface area contributed by atoms with Crippen molar-refractivity contribution in [2.24, 2.45) is 0 Å². The van der Waals surface area contributed by atoms with E-state index in [-0.39, 0.29) is 21.2 Å². The standard InChI is InChI=1S/C23H19Cl2N3O5S/c1-33-20-5-3-2-4-15(20)7-13-22(29)26-27-23(30)16-6-12-19(25)21(14-16)34(31,32)28-18-10-8-17(24)9-11-18/h2-14,28H,1H3,(H,26,29)(H,27,30). The van der Waals surface area contributed by atoms with Crippen LogP contribution < -0.4 is 20.3 Å². The molecule has 34 heavy (non-hydrogen) atoms. The maximum absolute atomic E-state index is 12.8. The van der Waals surface area contributed by atoms with E-state index >= 15 is 0 Å². The molecule has 0 bridgehead atoms. The van der Waals surface area contributed by atoms with Crippen molar-refractivity contribution in [2.75, 3.05) is 11.8 Å². The van der Waals surface area contributed by atoms with Crippen molar-refractivity contribution in [1.29, 1.82) is 0 Å². The quantitative estimate of drug-likeness (QED) is 0.318. The Kier molecular flexibility index (Phi) is 8.17. The van der Waals surface area contributed by atoms with Crippen molar-refractivity contribution in [3.05, 3.63) is 94.0 Å². The van der Waals surface area contributed by atoms with Crippen LogP contribution in [-0.2, 0) is 14.8 Å². The molecule has 11 heteroatoms. The highest BCUT2D eigenvalue weighted by atomic mass is 35.5. The van der Waals surface area contributed by atoms with Gasteiger partial charge in [0.25, 0.3) is 21.8 Å². The first-order chi connectivity index (χ1) is 16.2. The molecule has 0 unspecified atom stereocenters. The molecule has 0 spiro atoms. The highest BCUT2D eigenvalue weighted by molar-refractivity contribution is 7.92. The van der Waals surface area contributed by atoms with Gasteiger partial charge < -0.3 is 4.74 Å². The van der Waals surface area contributed by atoms with Gasteiger partial charge in [-0.25, -0.2) is 8.42 Å². The van der Waals surface area contributed by atoms with E-state index in [1.54, 1.807) is 24.3 Å². The van der Waals surface area contributed by atoms with Gasteiger partial charge in [0, 0.05) is 27.9 Å². The van der Waals surface area contributed by atoms with Gasteiger partial charge in [0.05, 0.1) is 12.1 Å². The lowest BCUT2D eigenvalue weighted by Crippen LogP contribution is -2.40. The summed E-state index contributed by atoms with van der Waals surface area (Å²) in [6, 6.07) is 16.8. The van der Waals surface area contributed by atoms with Gasteiger partial charge in [0.2, 0.25) is 0 Å². The second-order valence-electron chi connectivity index (χ2n) is 6.78. The molecule has 8 nitrogen and oxygen atoms in total. The van der Waals surface area contributed by atoms with E-state index < -0.39 is 21.8 Å². The minimum atomic E-state index is -4.11. The van der Waals surface area contributed by atoms with E-state index in [1.165, 1.54) is 55.7 Å².